The number of alkyl halides is 4. The van der Waals surface area contributed by atoms with Gasteiger partial charge < -0.3 is 58.9 Å². The molecule has 3 aromatic heterocycles. The van der Waals surface area contributed by atoms with Crippen molar-refractivity contribution in [2.75, 3.05) is 65.2 Å². The van der Waals surface area contributed by atoms with Gasteiger partial charge in [-0.2, -0.15) is 23.1 Å². The Morgan fingerprint density at radius 3 is 2.10 bits per heavy atom. The third-order valence-electron chi connectivity index (χ3n) is 20.9. The molecule has 1 aliphatic carbocycles. The molecule has 1 saturated carbocycles. The van der Waals surface area contributed by atoms with Crippen molar-refractivity contribution < 1.29 is 74.7 Å². The number of piperidine rings is 1. The molecule has 5 fully saturated rings. The number of amides is 4. The minimum atomic E-state index is -5.01. The number of aliphatic hydroxyl groups is 1. The molecule has 3 N–H and O–H groups in total. The van der Waals surface area contributed by atoms with Crippen molar-refractivity contribution in [3.63, 3.8) is 0 Å². The molecule has 2 bridgehead atoms. The highest BCUT2D eigenvalue weighted by molar-refractivity contribution is 7.13. The van der Waals surface area contributed by atoms with Crippen LogP contribution in [0.4, 0.5) is 32.6 Å². The number of fused-ring (bicyclic) bond motifs is 3. The Balaban J connectivity index is 0.732. The van der Waals surface area contributed by atoms with Crippen molar-refractivity contribution in [1.29, 1.82) is 0 Å². The first-order valence-corrected chi connectivity index (χ1v) is 38.3. The van der Waals surface area contributed by atoms with E-state index in [4.69, 9.17) is 55.0 Å². The Morgan fingerprint density at radius 2 is 1.49 bits per heavy atom. The van der Waals surface area contributed by atoms with Gasteiger partial charge in [0.25, 0.3) is 5.91 Å². The van der Waals surface area contributed by atoms with Crippen LogP contribution in [0.1, 0.15) is 157 Å². The topological polar surface area (TPSA) is 232 Å². The molecule has 580 valence electrons. The number of ether oxygens (including phenoxy) is 6. The number of pyridine rings is 1. The summed E-state index contributed by atoms with van der Waals surface area (Å²) in [5, 5.41) is 16.2. The number of aliphatic hydroxyl groups excluding tert-OH is 1. The molecule has 7 aromatic rings. The van der Waals surface area contributed by atoms with Gasteiger partial charge in [-0.05, 0) is 169 Å². The molecular weight excluding hydrogens is 1440 g/mol. The van der Waals surface area contributed by atoms with Crippen molar-refractivity contribution in [2.24, 2.45) is 5.41 Å². The number of rotatable bonds is 28. The van der Waals surface area contributed by atoms with Gasteiger partial charge in [0.2, 0.25) is 11.8 Å². The molecule has 4 aliphatic heterocycles. The lowest BCUT2D eigenvalue weighted by atomic mass is 9.85. The van der Waals surface area contributed by atoms with Crippen LogP contribution in [-0.4, -0.2) is 171 Å². The van der Waals surface area contributed by atoms with Crippen molar-refractivity contribution >= 4 is 63.5 Å². The number of likely N-dealkylation sites (tertiary alicyclic amines) is 2. The third kappa shape index (κ3) is 18.3. The van der Waals surface area contributed by atoms with Gasteiger partial charge in [-0.3, -0.25) is 19.3 Å². The average molecular weight is 1540 g/mol. The van der Waals surface area contributed by atoms with Crippen LogP contribution in [0.3, 0.4) is 0 Å². The summed E-state index contributed by atoms with van der Waals surface area (Å²) in [5.74, 6) is -1.55. The SMILES string of the molecule is COc1ccc(CN(Cc2ccc(OC)cc2)c2cc(C)c(C(F)(F)F)c(-c3c(Cl)cc4c(C5CC6CCC(C5)N6C(=O)OC(C)(C)C)nc(OC[C@@H]5CCCN5CCCOCCCOc5cc(-c6scnc6C)ccc5CNC(=O)[C@@H]5C[C@@H](O)CN5C(=O)C(NC(=O)C5(F)CC5)C(C)(C)C)nc4c3F)n2)cc1. The zero-order valence-corrected chi connectivity index (χ0v) is 64.3. The number of benzene rings is 4. The van der Waals surface area contributed by atoms with Crippen molar-refractivity contribution in [2.45, 2.75) is 205 Å². The number of carbonyl (C=O) groups excluding carboxylic acids is 4. The molecule has 6 atom stereocenters. The molecule has 4 aromatic carbocycles. The molecular formula is C80H96ClF5N10O11S. The molecule has 28 heteroatoms. The average Bonchev–Trinajstić information content (AvgIpc) is 1.12. The number of nitrogens with one attached hydrogen (secondary N) is 2. The van der Waals surface area contributed by atoms with E-state index in [2.05, 4.69) is 20.5 Å². The van der Waals surface area contributed by atoms with E-state index >= 15 is 17.6 Å². The number of hydrogen-bond acceptors (Lipinski definition) is 18. The minimum absolute atomic E-state index is 0.0238. The van der Waals surface area contributed by atoms with Gasteiger partial charge >= 0.3 is 18.3 Å². The van der Waals surface area contributed by atoms with E-state index in [0.29, 0.717) is 86.8 Å². The summed E-state index contributed by atoms with van der Waals surface area (Å²) in [5.41, 5.74) is -0.376. The predicted octanol–water partition coefficient (Wildman–Crippen LogP) is 14.4. The fraction of sp³-hybridized carbons (Fsp3) is 0.525. The van der Waals surface area contributed by atoms with Crippen LogP contribution in [0.15, 0.2) is 84.4 Å². The van der Waals surface area contributed by atoms with Gasteiger partial charge in [-0.25, -0.2) is 23.5 Å². The predicted molar refractivity (Wildman–Crippen MR) is 401 cm³/mol. The van der Waals surface area contributed by atoms with Crippen LogP contribution in [0, 0.1) is 25.1 Å². The number of thiazole rings is 1. The van der Waals surface area contributed by atoms with Crippen LogP contribution in [0.25, 0.3) is 32.6 Å². The molecule has 7 heterocycles. The highest BCUT2D eigenvalue weighted by atomic mass is 35.5. The number of halogens is 6. The van der Waals surface area contributed by atoms with E-state index in [-0.39, 0.29) is 116 Å². The van der Waals surface area contributed by atoms with E-state index in [1.807, 2.05) is 75.1 Å². The smallest absolute Gasteiger partial charge is 0.418 e. The Hall–Kier alpha value is -8.50. The van der Waals surface area contributed by atoms with Gasteiger partial charge in [0.15, 0.2) is 11.5 Å². The standard InChI is InChI=1S/C80H96ClF5N10O11S/c1-46-34-63(94(41-48-15-23-57(102-9)24-16-48)42-49-17-25-58(103-10)26-18-49)89-69(65(46)80(84,85)86)64-60(81)39-59-67(52-35-53-21-22-54(36-52)96(53)76(101)107-78(6,7)8)90-75(91-68(59)66(64)82)106-44-55-14-11-29-93(55)30-12-31-104-32-13-33-105-62-37-50(70-47(2)88-45-108-70)19-20-51(62)40-87-72(98)61-38-56(97)43-95(61)73(99)71(77(3,4)5)92-74(100)79(83)27-28-79/h15-20,23-26,34,37,39,45,52-56,61,71,97H,11-14,21-22,27-33,35-36,38,40-44H2,1-10H3,(H,87,98)(H,92,100)/t52?,53?,54?,55-,56+,61-,71?/m0/s1. The van der Waals surface area contributed by atoms with Gasteiger partial charge in [0.05, 0.1) is 70.5 Å². The lowest BCUT2D eigenvalue weighted by Gasteiger charge is -2.39. The first-order chi connectivity index (χ1) is 51.4. The highest BCUT2D eigenvalue weighted by Gasteiger charge is 2.54. The first kappa shape index (κ1) is 79.1. The number of anilines is 1. The summed E-state index contributed by atoms with van der Waals surface area (Å²) in [6, 6.07) is 20.1. The number of nitrogens with zero attached hydrogens (tertiary/aromatic N) is 8. The van der Waals surface area contributed by atoms with E-state index in [9.17, 15) is 28.7 Å². The maximum Gasteiger partial charge on any atom is 0.418 e. The quantitative estimate of drug-likeness (QED) is 0.0306. The third-order valence-corrected chi connectivity index (χ3v) is 22.2. The zero-order valence-electron chi connectivity index (χ0n) is 62.8. The number of methoxy groups -OCH3 is 2. The van der Waals surface area contributed by atoms with Crippen LogP contribution in [0.5, 0.6) is 23.3 Å². The molecule has 4 saturated heterocycles. The van der Waals surface area contributed by atoms with E-state index in [1.54, 1.807) is 69.7 Å². The molecule has 0 radical (unpaired) electrons. The summed E-state index contributed by atoms with van der Waals surface area (Å²) in [4.78, 5) is 81.8. The molecule has 12 rings (SSSR count). The van der Waals surface area contributed by atoms with Crippen LogP contribution < -0.4 is 34.5 Å². The summed E-state index contributed by atoms with van der Waals surface area (Å²) < 4.78 is 116. The highest BCUT2D eigenvalue weighted by Crippen LogP contribution is 2.49. The maximum atomic E-state index is 18.4. The number of hydrogen-bond donors (Lipinski definition) is 3. The summed E-state index contributed by atoms with van der Waals surface area (Å²) >= 11 is 8.68. The Morgan fingerprint density at radius 1 is 0.824 bits per heavy atom. The molecule has 108 heavy (non-hydrogen) atoms. The van der Waals surface area contributed by atoms with E-state index in [0.717, 1.165) is 46.6 Å². The summed E-state index contributed by atoms with van der Waals surface area (Å²) in [6.07, 6.45) is -1.19. The van der Waals surface area contributed by atoms with Crippen LogP contribution in [0.2, 0.25) is 5.02 Å². The fourth-order valence-corrected chi connectivity index (χ4v) is 16.3. The lowest BCUT2D eigenvalue weighted by molar-refractivity contribution is -0.145. The van der Waals surface area contributed by atoms with Gasteiger partial charge in [-0.1, -0.05) is 68.8 Å². The largest absolute Gasteiger partial charge is 0.497 e. The fourth-order valence-electron chi connectivity index (χ4n) is 15.2. The van der Waals surface area contributed by atoms with Gasteiger partial charge in [0.1, 0.15) is 52.9 Å². The second-order valence-electron chi connectivity index (χ2n) is 31.1. The lowest BCUT2D eigenvalue weighted by Crippen LogP contribution is -2.59. The van der Waals surface area contributed by atoms with Crippen molar-refractivity contribution in [1.82, 2.24) is 45.3 Å². The Labute approximate surface area is 635 Å². The maximum absolute atomic E-state index is 18.4. The monoisotopic (exact) mass is 1530 g/mol. The molecule has 4 amide bonds. The van der Waals surface area contributed by atoms with Crippen molar-refractivity contribution in [3.8, 4) is 45.0 Å². The minimum Gasteiger partial charge on any atom is -0.497 e. The second kappa shape index (κ2) is 33.0. The van der Waals surface area contributed by atoms with E-state index < -0.39 is 87.5 Å². The summed E-state index contributed by atoms with van der Waals surface area (Å²) in [6.45, 7) is 16.8. The molecule has 0 spiro atoms. The number of β-amino-alcohol motifs (C(OH)–C–C–N with tert-alkyl or cyclic N) is 1. The molecule has 3 unspecified atom stereocenters. The van der Waals surface area contributed by atoms with Gasteiger partial charge in [0, 0.05) is 93.8 Å². The number of aromatic nitrogens is 4. The van der Waals surface area contributed by atoms with Gasteiger partial charge in [-0.15, -0.1) is 11.3 Å². The number of aryl methyl sites for hydroxylation is 2. The van der Waals surface area contributed by atoms with Crippen LogP contribution in [-0.2, 0) is 49.7 Å². The second-order valence-corrected chi connectivity index (χ2v) is 32.4. The normalized spacial score (nSPS) is 20.2. The first-order valence-electron chi connectivity index (χ1n) is 37.0. The molecule has 5 aliphatic rings. The Bertz CT molecular complexity index is 4340. The van der Waals surface area contributed by atoms with Crippen LogP contribution >= 0.6 is 22.9 Å². The van der Waals surface area contributed by atoms with Crippen molar-refractivity contribution in [3.05, 3.63) is 134 Å². The Kier molecular flexibility index (Phi) is 24.1. The number of carbonyl (C=O) groups is 4. The molecule has 21 nitrogen and oxygen atoms in total. The summed E-state index contributed by atoms with van der Waals surface area (Å²) in [7, 11) is 3.11. The van der Waals surface area contributed by atoms with E-state index in [1.165, 1.54) is 35.3 Å². The zero-order chi connectivity index (χ0) is 77.1.